The van der Waals surface area contributed by atoms with E-state index in [-0.39, 0.29) is 0 Å². The summed E-state index contributed by atoms with van der Waals surface area (Å²) in [5, 5.41) is 4.13. The minimum atomic E-state index is 0.776. The minimum Gasteiger partial charge on any atom is -0.383 e. The molecule has 0 unspecified atom stereocenters. The Hall–Kier alpha value is -1.12. The summed E-state index contributed by atoms with van der Waals surface area (Å²) in [4.78, 5) is 1.35. The molecule has 0 saturated carbocycles. The number of halogens is 1. The van der Waals surface area contributed by atoms with Gasteiger partial charge in [-0.1, -0.05) is 41.9 Å². The second-order valence-corrected chi connectivity index (χ2v) is 5.56. The molecule has 0 atom stereocenters. The zero-order chi connectivity index (χ0) is 12.8. The summed E-state index contributed by atoms with van der Waals surface area (Å²) >= 11 is 7.94. The van der Waals surface area contributed by atoms with Gasteiger partial charge in [0.2, 0.25) is 0 Å². The van der Waals surface area contributed by atoms with E-state index in [1.807, 2.05) is 36.0 Å². The lowest BCUT2D eigenvalue weighted by molar-refractivity contribution is 1.21. The van der Waals surface area contributed by atoms with Crippen LogP contribution in [0.4, 0.5) is 5.69 Å². The van der Waals surface area contributed by atoms with Gasteiger partial charge in [-0.25, -0.2) is 0 Å². The Kier molecular flexibility index (Phi) is 4.97. The molecule has 2 aromatic carbocycles. The second-order valence-electron chi connectivity index (χ2n) is 4.02. The maximum Gasteiger partial charge on any atom is 0.0637 e. The Morgan fingerprint density at radius 2 is 1.78 bits per heavy atom. The van der Waals surface area contributed by atoms with Crippen LogP contribution < -0.4 is 5.32 Å². The molecule has 1 N–H and O–H groups in total. The van der Waals surface area contributed by atoms with Crippen molar-refractivity contribution in [2.75, 3.05) is 17.6 Å². The van der Waals surface area contributed by atoms with E-state index in [2.05, 4.69) is 36.5 Å². The van der Waals surface area contributed by atoms with Crippen LogP contribution in [0.1, 0.15) is 5.56 Å². The predicted octanol–water partition coefficient (Wildman–Crippen LogP) is 4.85. The maximum atomic E-state index is 6.08. The van der Waals surface area contributed by atoms with Crippen molar-refractivity contribution < 1.29 is 0 Å². The molecule has 2 rings (SSSR count). The number of hydrogen-bond acceptors (Lipinski definition) is 2. The van der Waals surface area contributed by atoms with Crippen molar-refractivity contribution in [2.24, 2.45) is 0 Å². The first kappa shape index (κ1) is 13.3. The molecule has 0 radical (unpaired) electrons. The molecule has 0 aromatic heterocycles. The fraction of sp³-hybridized carbons (Fsp3) is 0.200. The molecule has 94 valence electrons. The first-order valence-electron chi connectivity index (χ1n) is 5.94. The number of thioether (sulfide) groups is 1. The van der Waals surface area contributed by atoms with Crippen molar-refractivity contribution in [1.29, 1.82) is 0 Å². The number of rotatable bonds is 5. The third-order valence-corrected chi connectivity index (χ3v) is 4.15. The van der Waals surface area contributed by atoms with Crippen LogP contribution in [0.5, 0.6) is 0 Å². The lowest BCUT2D eigenvalue weighted by atomic mass is 10.2. The van der Waals surface area contributed by atoms with E-state index >= 15 is 0 Å². The Morgan fingerprint density at radius 3 is 2.56 bits per heavy atom. The summed E-state index contributed by atoms with van der Waals surface area (Å²) in [5.74, 6) is 1.02. The molecular weight excluding hydrogens is 262 g/mol. The standard InChI is InChI=1S/C15H16ClNS/c1-12-6-2-5-9-15(12)18-11-10-17-14-8-4-3-7-13(14)16/h2-9,17H,10-11H2,1H3. The van der Waals surface area contributed by atoms with E-state index in [1.165, 1.54) is 10.5 Å². The van der Waals surface area contributed by atoms with Gasteiger partial charge < -0.3 is 5.32 Å². The quantitative estimate of drug-likeness (QED) is 0.619. The summed E-state index contributed by atoms with van der Waals surface area (Å²) in [7, 11) is 0. The molecule has 0 aliphatic rings. The van der Waals surface area contributed by atoms with Gasteiger partial charge in [-0.2, -0.15) is 0 Å². The number of nitrogens with one attached hydrogen (secondary N) is 1. The van der Waals surface area contributed by atoms with Crippen molar-refractivity contribution in [3.63, 3.8) is 0 Å². The highest BCUT2D eigenvalue weighted by molar-refractivity contribution is 7.99. The van der Waals surface area contributed by atoms with E-state index < -0.39 is 0 Å². The molecule has 0 aliphatic carbocycles. The van der Waals surface area contributed by atoms with Gasteiger partial charge >= 0.3 is 0 Å². The Bertz CT molecular complexity index is 466. The van der Waals surface area contributed by atoms with Crippen molar-refractivity contribution >= 4 is 29.1 Å². The number of benzene rings is 2. The van der Waals surface area contributed by atoms with Crippen molar-refractivity contribution in [3.05, 3.63) is 59.1 Å². The maximum absolute atomic E-state index is 6.08. The van der Waals surface area contributed by atoms with Crippen LogP contribution in [0.15, 0.2) is 53.4 Å². The van der Waals surface area contributed by atoms with Gasteiger partial charge in [0, 0.05) is 17.2 Å². The van der Waals surface area contributed by atoms with Crippen LogP contribution in [0.2, 0.25) is 5.02 Å². The topological polar surface area (TPSA) is 12.0 Å². The Labute approximate surface area is 118 Å². The Morgan fingerprint density at radius 1 is 1.06 bits per heavy atom. The normalized spacial score (nSPS) is 10.3. The number of hydrogen-bond donors (Lipinski definition) is 1. The SMILES string of the molecule is Cc1ccccc1SCCNc1ccccc1Cl. The lowest BCUT2D eigenvalue weighted by Gasteiger charge is -2.08. The van der Waals surface area contributed by atoms with Gasteiger partial charge in [0.25, 0.3) is 0 Å². The largest absolute Gasteiger partial charge is 0.383 e. The van der Waals surface area contributed by atoms with Gasteiger partial charge in [-0.05, 0) is 30.7 Å². The third kappa shape index (κ3) is 3.69. The van der Waals surface area contributed by atoms with E-state index in [0.717, 1.165) is 23.0 Å². The predicted molar refractivity (Wildman–Crippen MR) is 81.8 cm³/mol. The fourth-order valence-electron chi connectivity index (χ4n) is 1.67. The molecule has 0 amide bonds. The average Bonchev–Trinajstić information content (AvgIpc) is 2.38. The van der Waals surface area contributed by atoms with Gasteiger partial charge in [0.05, 0.1) is 10.7 Å². The minimum absolute atomic E-state index is 0.776. The van der Waals surface area contributed by atoms with Crippen molar-refractivity contribution in [2.45, 2.75) is 11.8 Å². The molecule has 0 spiro atoms. The highest BCUT2D eigenvalue weighted by Crippen LogP contribution is 2.23. The molecule has 0 aliphatic heterocycles. The summed E-state index contributed by atoms with van der Waals surface area (Å²) in [5.41, 5.74) is 2.34. The number of aryl methyl sites for hydroxylation is 1. The van der Waals surface area contributed by atoms with E-state index in [0.29, 0.717) is 0 Å². The zero-order valence-electron chi connectivity index (χ0n) is 10.3. The Balaban J connectivity index is 1.80. The molecule has 1 nitrogen and oxygen atoms in total. The smallest absolute Gasteiger partial charge is 0.0637 e. The van der Waals surface area contributed by atoms with Gasteiger partial charge in [0.1, 0.15) is 0 Å². The average molecular weight is 278 g/mol. The summed E-state index contributed by atoms with van der Waals surface area (Å²) < 4.78 is 0. The second kappa shape index (κ2) is 6.72. The molecule has 0 fully saturated rings. The molecule has 0 bridgehead atoms. The molecule has 18 heavy (non-hydrogen) atoms. The molecule has 0 heterocycles. The number of para-hydroxylation sites is 1. The van der Waals surface area contributed by atoms with E-state index in [1.54, 1.807) is 0 Å². The monoisotopic (exact) mass is 277 g/mol. The summed E-state index contributed by atoms with van der Waals surface area (Å²) in [6, 6.07) is 16.3. The summed E-state index contributed by atoms with van der Waals surface area (Å²) in [6.45, 7) is 3.05. The van der Waals surface area contributed by atoms with Crippen LogP contribution in [-0.4, -0.2) is 12.3 Å². The van der Waals surface area contributed by atoms with Crippen LogP contribution in [-0.2, 0) is 0 Å². The highest BCUT2D eigenvalue weighted by Gasteiger charge is 1.99. The lowest BCUT2D eigenvalue weighted by Crippen LogP contribution is -2.04. The fourth-order valence-corrected chi connectivity index (χ4v) is 2.77. The van der Waals surface area contributed by atoms with Crippen molar-refractivity contribution in [1.82, 2.24) is 0 Å². The van der Waals surface area contributed by atoms with E-state index in [4.69, 9.17) is 11.6 Å². The van der Waals surface area contributed by atoms with Crippen LogP contribution in [0, 0.1) is 6.92 Å². The summed E-state index contributed by atoms with van der Waals surface area (Å²) in [6.07, 6.45) is 0. The van der Waals surface area contributed by atoms with E-state index in [9.17, 15) is 0 Å². The van der Waals surface area contributed by atoms with Gasteiger partial charge in [-0.15, -0.1) is 11.8 Å². The van der Waals surface area contributed by atoms with Gasteiger partial charge in [-0.3, -0.25) is 0 Å². The first-order chi connectivity index (χ1) is 8.77. The van der Waals surface area contributed by atoms with Crippen LogP contribution in [0.25, 0.3) is 0 Å². The van der Waals surface area contributed by atoms with Crippen LogP contribution in [0.3, 0.4) is 0 Å². The third-order valence-electron chi connectivity index (χ3n) is 2.64. The number of anilines is 1. The molecule has 0 saturated heterocycles. The molecule has 2 aromatic rings. The highest BCUT2D eigenvalue weighted by atomic mass is 35.5. The van der Waals surface area contributed by atoms with Crippen molar-refractivity contribution in [3.8, 4) is 0 Å². The molecule has 3 heteroatoms. The van der Waals surface area contributed by atoms with Gasteiger partial charge in [0.15, 0.2) is 0 Å². The molecular formula is C15H16ClNS. The first-order valence-corrected chi connectivity index (χ1v) is 7.30. The zero-order valence-corrected chi connectivity index (χ0v) is 11.9. The van der Waals surface area contributed by atoms with Crippen LogP contribution >= 0.6 is 23.4 Å².